The highest BCUT2D eigenvalue weighted by molar-refractivity contribution is 7.93. The monoisotopic (exact) mass is 380 g/mol. The Morgan fingerprint density at radius 2 is 2.15 bits per heavy atom. The van der Waals surface area contributed by atoms with Crippen molar-refractivity contribution in [3.63, 3.8) is 0 Å². The summed E-state index contributed by atoms with van der Waals surface area (Å²) in [7, 11) is -3.18. The maximum atomic E-state index is 12.6. The molecule has 26 heavy (non-hydrogen) atoms. The second kappa shape index (κ2) is 7.64. The number of likely N-dealkylation sites (tertiary alicyclic amines) is 1. The summed E-state index contributed by atoms with van der Waals surface area (Å²) in [5.74, 6) is 0.681. The maximum absolute atomic E-state index is 12.6. The minimum Gasteiger partial charge on any atom is -0.375 e. The van der Waals surface area contributed by atoms with Gasteiger partial charge in [-0.2, -0.15) is 0 Å². The van der Waals surface area contributed by atoms with Gasteiger partial charge in [-0.05, 0) is 30.9 Å². The van der Waals surface area contributed by atoms with Crippen LogP contribution in [0.4, 0.5) is 0 Å². The first-order valence-corrected chi connectivity index (χ1v) is 11.0. The molecule has 2 fully saturated rings. The Kier molecular flexibility index (Phi) is 5.67. The molecule has 2 saturated heterocycles. The van der Waals surface area contributed by atoms with Crippen molar-refractivity contribution in [1.82, 2.24) is 9.88 Å². The van der Waals surface area contributed by atoms with Gasteiger partial charge in [-0.25, -0.2) is 8.42 Å². The number of rotatable bonds is 7. The highest BCUT2D eigenvalue weighted by Crippen LogP contribution is 2.45. The van der Waals surface area contributed by atoms with Crippen LogP contribution in [0, 0.1) is 11.8 Å². The molecule has 0 aromatic carbocycles. The quantitative estimate of drug-likeness (QED) is 0.724. The van der Waals surface area contributed by atoms with Crippen LogP contribution in [0.15, 0.2) is 24.4 Å². The van der Waals surface area contributed by atoms with Gasteiger partial charge >= 0.3 is 0 Å². The zero-order chi connectivity index (χ0) is 18.8. The maximum Gasteiger partial charge on any atom is 0.222 e. The molecule has 0 radical (unpaired) electrons. The van der Waals surface area contributed by atoms with E-state index in [1.54, 1.807) is 11.1 Å². The number of aromatic nitrogens is 1. The molecule has 6 nitrogen and oxygen atoms in total. The third kappa shape index (κ3) is 3.78. The van der Waals surface area contributed by atoms with E-state index in [9.17, 15) is 13.2 Å². The highest BCUT2D eigenvalue weighted by atomic mass is 32.2. The highest BCUT2D eigenvalue weighted by Gasteiger charge is 2.62. The van der Waals surface area contributed by atoms with Crippen LogP contribution in [0.5, 0.6) is 0 Å². The lowest BCUT2D eigenvalue weighted by Crippen LogP contribution is -2.68. The zero-order valence-corrected chi connectivity index (χ0v) is 16.4. The molecule has 1 atom stereocenters. The first-order valence-electron chi connectivity index (χ1n) is 9.32. The fourth-order valence-electron chi connectivity index (χ4n) is 3.84. The molecule has 3 heterocycles. The molecule has 3 rings (SSSR count). The summed E-state index contributed by atoms with van der Waals surface area (Å²) in [6.07, 6.45) is 3.66. The second-order valence-electron chi connectivity index (χ2n) is 7.89. The number of ether oxygens (including phenoxy) is 1. The standard InChI is InChI=1S/C19H28N2O4S/c1-15(2)6-7-18(22)21-13-19(14-21)16(8-10-26(19,23)24)11-25-12-17-5-3-4-9-20-17/h3-5,9,15-16H,6-8,10-14H2,1-2H3. The Labute approximate surface area is 155 Å². The van der Waals surface area contributed by atoms with Gasteiger partial charge in [0.25, 0.3) is 0 Å². The van der Waals surface area contributed by atoms with Gasteiger partial charge in [0.05, 0.1) is 24.7 Å². The van der Waals surface area contributed by atoms with Crippen molar-refractivity contribution in [3.05, 3.63) is 30.1 Å². The fraction of sp³-hybridized carbons (Fsp3) is 0.684. The van der Waals surface area contributed by atoms with Crippen LogP contribution in [-0.2, 0) is 26.0 Å². The number of sulfone groups is 1. The van der Waals surface area contributed by atoms with Gasteiger partial charge in [0.1, 0.15) is 4.75 Å². The Bertz CT molecular complexity index is 727. The molecule has 0 N–H and O–H groups in total. The van der Waals surface area contributed by atoms with Crippen molar-refractivity contribution in [2.75, 3.05) is 25.4 Å². The first-order chi connectivity index (χ1) is 12.3. The Morgan fingerprint density at radius 1 is 1.38 bits per heavy atom. The van der Waals surface area contributed by atoms with E-state index in [1.165, 1.54) is 0 Å². The van der Waals surface area contributed by atoms with Gasteiger partial charge < -0.3 is 9.64 Å². The van der Waals surface area contributed by atoms with Gasteiger partial charge in [-0.3, -0.25) is 9.78 Å². The SMILES string of the molecule is CC(C)CCC(=O)N1CC2(C1)C(COCc1ccccn1)CCS2(=O)=O. The van der Waals surface area contributed by atoms with Crippen LogP contribution < -0.4 is 0 Å². The Morgan fingerprint density at radius 3 is 2.81 bits per heavy atom. The van der Waals surface area contributed by atoms with Crippen molar-refractivity contribution >= 4 is 15.7 Å². The third-order valence-electron chi connectivity index (χ3n) is 5.60. The lowest BCUT2D eigenvalue weighted by Gasteiger charge is -2.50. The van der Waals surface area contributed by atoms with Crippen molar-refractivity contribution in [2.45, 2.75) is 44.5 Å². The number of carbonyl (C=O) groups is 1. The predicted octanol–water partition coefficient (Wildman–Crippen LogP) is 2.05. The third-order valence-corrected chi connectivity index (χ3v) is 8.20. The molecule has 1 spiro atoms. The van der Waals surface area contributed by atoms with E-state index in [0.29, 0.717) is 45.1 Å². The molecule has 0 saturated carbocycles. The van der Waals surface area contributed by atoms with Crippen LogP contribution in [0.3, 0.4) is 0 Å². The summed E-state index contributed by atoms with van der Waals surface area (Å²) in [5.41, 5.74) is 0.835. The van der Waals surface area contributed by atoms with E-state index in [-0.39, 0.29) is 17.6 Å². The fourth-order valence-corrected chi connectivity index (χ4v) is 6.24. The largest absolute Gasteiger partial charge is 0.375 e. The molecule has 2 aliphatic heterocycles. The van der Waals surface area contributed by atoms with Crippen molar-refractivity contribution in [2.24, 2.45) is 11.8 Å². The molecule has 2 aliphatic rings. The number of carbonyl (C=O) groups excluding carboxylic acids is 1. The minimum absolute atomic E-state index is 0.0506. The van der Waals surface area contributed by atoms with Gasteiger partial charge in [0, 0.05) is 31.6 Å². The molecular weight excluding hydrogens is 352 g/mol. The average molecular weight is 381 g/mol. The molecule has 0 bridgehead atoms. The topological polar surface area (TPSA) is 76.6 Å². The first kappa shape index (κ1) is 19.3. The predicted molar refractivity (Wildman–Crippen MR) is 99.2 cm³/mol. The van der Waals surface area contributed by atoms with E-state index >= 15 is 0 Å². The number of hydrogen-bond acceptors (Lipinski definition) is 5. The second-order valence-corrected chi connectivity index (χ2v) is 10.3. The molecule has 1 aromatic rings. The number of pyridine rings is 1. The van der Waals surface area contributed by atoms with Crippen LogP contribution in [0.25, 0.3) is 0 Å². The van der Waals surface area contributed by atoms with Crippen LogP contribution in [0.1, 0.15) is 38.8 Å². The molecule has 1 unspecified atom stereocenters. The molecular formula is C19H28N2O4S. The van der Waals surface area contributed by atoms with E-state index in [0.717, 1.165) is 12.1 Å². The summed E-state index contributed by atoms with van der Waals surface area (Å²) in [4.78, 5) is 18.2. The molecule has 1 amide bonds. The number of nitrogens with zero attached hydrogens (tertiary/aromatic N) is 2. The van der Waals surface area contributed by atoms with Gasteiger partial charge in [0.15, 0.2) is 9.84 Å². The molecule has 0 aliphatic carbocycles. The smallest absolute Gasteiger partial charge is 0.222 e. The summed E-state index contributed by atoms with van der Waals surface area (Å²) in [6.45, 7) is 5.59. The number of amides is 1. The lowest BCUT2D eigenvalue weighted by atomic mass is 9.83. The van der Waals surface area contributed by atoms with Gasteiger partial charge in [-0.1, -0.05) is 19.9 Å². The summed E-state index contributed by atoms with van der Waals surface area (Å²) >= 11 is 0. The van der Waals surface area contributed by atoms with Gasteiger partial charge in [-0.15, -0.1) is 0 Å². The Hall–Kier alpha value is -1.47. The Balaban J connectivity index is 1.57. The van der Waals surface area contributed by atoms with Crippen molar-refractivity contribution in [1.29, 1.82) is 0 Å². The summed E-state index contributed by atoms with van der Waals surface area (Å²) in [6, 6.07) is 5.64. The van der Waals surface area contributed by atoms with Crippen LogP contribution in [0.2, 0.25) is 0 Å². The van der Waals surface area contributed by atoms with Crippen LogP contribution in [-0.4, -0.2) is 54.4 Å². The van der Waals surface area contributed by atoms with Crippen molar-refractivity contribution < 1.29 is 17.9 Å². The normalized spacial score (nSPS) is 23.3. The molecule has 1 aromatic heterocycles. The number of hydrogen-bond donors (Lipinski definition) is 0. The van der Waals surface area contributed by atoms with E-state index < -0.39 is 14.6 Å². The van der Waals surface area contributed by atoms with Crippen LogP contribution >= 0.6 is 0 Å². The van der Waals surface area contributed by atoms with Gasteiger partial charge in [0.2, 0.25) is 5.91 Å². The van der Waals surface area contributed by atoms with E-state index in [2.05, 4.69) is 18.8 Å². The molecule has 7 heteroatoms. The minimum atomic E-state index is -3.18. The summed E-state index contributed by atoms with van der Waals surface area (Å²) < 4.78 is 30.2. The zero-order valence-electron chi connectivity index (χ0n) is 15.6. The molecule has 144 valence electrons. The van der Waals surface area contributed by atoms with E-state index in [1.807, 2.05) is 18.2 Å². The van der Waals surface area contributed by atoms with Crippen molar-refractivity contribution in [3.8, 4) is 0 Å². The lowest BCUT2D eigenvalue weighted by molar-refractivity contribution is -0.138. The van der Waals surface area contributed by atoms with E-state index in [4.69, 9.17) is 4.74 Å². The average Bonchev–Trinajstić information content (AvgIpc) is 2.83. The summed E-state index contributed by atoms with van der Waals surface area (Å²) in [5, 5.41) is 0.